The van der Waals surface area contributed by atoms with E-state index in [-0.39, 0.29) is 0 Å². The minimum Gasteiger partial charge on any atom is -0.367 e. The zero-order valence-corrected chi connectivity index (χ0v) is 10.5. The van der Waals surface area contributed by atoms with Crippen LogP contribution in [0.2, 0.25) is 0 Å². The van der Waals surface area contributed by atoms with Crippen LogP contribution in [0.25, 0.3) is 10.8 Å². The van der Waals surface area contributed by atoms with Crippen molar-refractivity contribution in [2.24, 2.45) is 5.73 Å². The number of hydrogen-bond acceptors (Lipinski definition) is 3. The molecule has 94 valence electrons. The van der Waals surface area contributed by atoms with Gasteiger partial charge in [-0.2, -0.15) is 0 Å². The minimum atomic E-state index is 0.392. The summed E-state index contributed by atoms with van der Waals surface area (Å²) in [7, 11) is 0. The number of benzene rings is 1. The van der Waals surface area contributed by atoms with Crippen LogP contribution in [0.4, 0.5) is 5.82 Å². The van der Waals surface area contributed by atoms with Crippen LogP contribution >= 0.6 is 0 Å². The minimum absolute atomic E-state index is 0.392. The molecule has 0 saturated heterocycles. The maximum atomic E-state index is 5.94. The largest absolute Gasteiger partial charge is 0.367 e. The van der Waals surface area contributed by atoms with Crippen LogP contribution in [0.3, 0.4) is 0 Å². The van der Waals surface area contributed by atoms with E-state index in [2.05, 4.69) is 40.6 Å². The first-order valence-corrected chi connectivity index (χ1v) is 6.69. The zero-order chi connectivity index (χ0) is 12.4. The number of fused-ring (bicyclic) bond motifs is 1. The number of rotatable bonds is 2. The number of nitrogens with zero attached hydrogens (tertiary/aromatic N) is 1. The van der Waals surface area contributed by atoms with Crippen LogP contribution in [0.5, 0.6) is 0 Å². The summed E-state index contributed by atoms with van der Waals surface area (Å²) in [4.78, 5) is 4.48. The van der Waals surface area contributed by atoms with Crippen LogP contribution < -0.4 is 11.1 Å². The van der Waals surface area contributed by atoms with Gasteiger partial charge in [-0.05, 0) is 37.1 Å². The Hall–Kier alpha value is -1.61. The highest BCUT2D eigenvalue weighted by atomic mass is 15.0. The molecular formula is C15H19N3. The van der Waals surface area contributed by atoms with Crippen LogP contribution in [-0.4, -0.2) is 17.1 Å². The van der Waals surface area contributed by atoms with E-state index in [1.54, 1.807) is 0 Å². The Kier molecular flexibility index (Phi) is 3.15. The standard InChI is InChI=1S/C15H19N3/c16-12-5-7-13(8-6-12)18-15-14-4-2-1-3-11(14)9-10-17-15/h1-4,9-10,12-13H,5-8,16H2,(H,17,18). The molecule has 0 bridgehead atoms. The quantitative estimate of drug-likeness (QED) is 0.850. The first kappa shape index (κ1) is 11.5. The van der Waals surface area contributed by atoms with Gasteiger partial charge < -0.3 is 11.1 Å². The lowest BCUT2D eigenvalue weighted by atomic mass is 9.92. The number of anilines is 1. The highest BCUT2D eigenvalue weighted by Gasteiger charge is 2.18. The fourth-order valence-electron chi connectivity index (χ4n) is 2.69. The third-order valence-electron chi connectivity index (χ3n) is 3.79. The molecule has 3 N–H and O–H groups in total. The zero-order valence-electron chi connectivity index (χ0n) is 10.5. The summed E-state index contributed by atoms with van der Waals surface area (Å²) in [5.74, 6) is 1.01. The number of aromatic nitrogens is 1. The lowest BCUT2D eigenvalue weighted by Crippen LogP contribution is -2.33. The second kappa shape index (κ2) is 4.94. The average molecular weight is 241 g/mol. The van der Waals surface area contributed by atoms with Gasteiger partial charge >= 0.3 is 0 Å². The van der Waals surface area contributed by atoms with Gasteiger partial charge in [0.15, 0.2) is 0 Å². The highest BCUT2D eigenvalue weighted by molar-refractivity contribution is 5.91. The van der Waals surface area contributed by atoms with Gasteiger partial charge in [0.1, 0.15) is 5.82 Å². The molecule has 1 heterocycles. The second-order valence-corrected chi connectivity index (χ2v) is 5.14. The van der Waals surface area contributed by atoms with Crippen molar-refractivity contribution in [2.75, 3.05) is 5.32 Å². The lowest BCUT2D eigenvalue weighted by molar-refractivity contribution is 0.410. The van der Waals surface area contributed by atoms with Gasteiger partial charge in [0.05, 0.1) is 0 Å². The summed E-state index contributed by atoms with van der Waals surface area (Å²) in [6.07, 6.45) is 6.39. The highest BCUT2D eigenvalue weighted by Crippen LogP contribution is 2.25. The molecule has 1 fully saturated rings. The van der Waals surface area contributed by atoms with E-state index < -0.39 is 0 Å². The van der Waals surface area contributed by atoms with Crippen molar-refractivity contribution in [1.29, 1.82) is 0 Å². The molecule has 0 spiro atoms. The summed E-state index contributed by atoms with van der Waals surface area (Å²) >= 11 is 0. The summed E-state index contributed by atoms with van der Waals surface area (Å²) in [6.45, 7) is 0. The van der Waals surface area contributed by atoms with Gasteiger partial charge in [-0.3, -0.25) is 0 Å². The molecule has 0 unspecified atom stereocenters. The maximum Gasteiger partial charge on any atom is 0.134 e. The van der Waals surface area contributed by atoms with Crippen molar-refractivity contribution < 1.29 is 0 Å². The van der Waals surface area contributed by atoms with E-state index in [1.165, 1.54) is 10.8 Å². The Balaban J connectivity index is 1.82. The Morgan fingerprint density at radius 1 is 1.06 bits per heavy atom. The first-order valence-electron chi connectivity index (χ1n) is 6.69. The van der Waals surface area contributed by atoms with Gasteiger partial charge in [0.2, 0.25) is 0 Å². The van der Waals surface area contributed by atoms with Gasteiger partial charge in [-0.25, -0.2) is 4.98 Å². The summed E-state index contributed by atoms with van der Waals surface area (Å²) in [5, 5.41) is 6.02. The Morgan fingerprint density at radius 3 is 2.67 bits per heavy atom. The molecular weight excluding hydrogens is 222 g/mol. The van der Waals surface area contributed by atoms with E-state index in [0.717, 1.165) is 31.5 Å². The average Bonchev–Trinajstić information content (AvgIpc) is 2.42. The Morgan fingerprint density at radius 2 is 1.83 bits per heavy atom. The second-order valence-electron chi connectivity index (χ2n) is 5.14. The maximum absolute atomic E-state index is 5.94. The smallest absolute Gasteiger partial charge is 0.134 e. The Bertz CT molecular complexity index is 525. The molecule has 0 radical (unpaired) electrons. The summed E-state index contributed by atoms with van der Waals surface area (Å²) in [6, 6.07) is 11.3. The van der Waals surface area contributed by atoms with Gasteiger partial charge in [0.25, 0.3) is 0 Å². The van der Waals surface area contributed by atoms with Crippen molar-refractivity contribution >= 4 is 16.6 Å². The predicted molar refractivity (Wildman–Crippen MR) is 75.6 cm³/mol. The number of nitrogens with two attached hydrogens (primary N) is 1. The van der Waals surface area contributed by atoms with E-state index in [4.69, 9.17) is 5.73 Å². The van der Waals surface area contributed by atoms with Gasteiger partial charge in [-0.1, -0.05) is 24.3 Å². The van der Waals surface area contributed by atoms with E-state index >= 15 is 0 Å². The van der Waals surface area contributed by atoms with Crippen molar-refractivity contribution in [3.63, 3.8) is 0 Å². The van der Waals surface area contributed by atoms with E-state index in [1.807, 2.05) is 6.20 Å². The third kappa shape index (κ3) is 2.31. The van der Waals surface area contributed by atoms with Crippen molar-refractivity contribution in [1.82, 2.24) is 4.98 Å². The molecule has 2 aromatic rings. The SMILES string of the molecule is NC1CCC(Nc2nccc3ccccc23)CC1. The van der Waals surface area contributed by atoms with Crippen LogP contribution in [0, 0.1) is 0 Å². The molecule has 3 heteroatoms. The summed E-state index contributed by atoms with van der Waals surface area (Å²) < 4.78 is 0. The van der Waals surface area contributed by atoms with E-state index in [0.29, 0.717) is 12.1 Å². The van der Waals surface area contributed by atoms with Crippen LogP contribution in [0.15, 0.2) is 36.5 Å². The van der Waals surface area contributed by atoms with E-state index in [9.17, 15) is 0 Å². The molecule has 1 aromatic carbocycles. The van der Waals surface area contributed by atoms with Gasteiger partial charge in [-0.15, -0.1) is 0 Å². The first-order chi connectivity index (χ1) is 8.83. The van der Waals surface area contributed by atoms with Crippen molar-refractivity contribution in [3.8, 4) is 0 Å². The van der Waals surface area contributed by atoms with Crippen LogP contribution in [0.1, 0.15) is 25.7 Å². The molecule has 1 aliphatic carbocycles. The van der Waals surface area contributed by atoms with Gasteiger partial charge in [0, 0.05) is 23.7 Å². The normalized spacial score (nSPS) is 24.1. The summed E-state index contributed by atoms with van der Waals surface area (Å²) in [5.41, 5.74) is 5.94. The Labute approximate surface area is 107 Å². The molecule has 0 aliphatic heterocycles. The molecule has 1 aliphatic rings. The molecule has 1 saturated carbocycles. The van der Waals surface area contributed by atoms with Crippen LogP contribution in [-0.2, 0) is 0 Å². The van der Waals surface area contributed by atoms with Crippen molar-refractivity contribution in [3.05, 3.63) is 36.5 Å². The lowest BCUT2D eigenvalue weighted by Gasteiger charge is -2.27. The molecule has 3 rings (SSSR count). The molecule has 3 nitrogen and oxygen atoms in total. The fraction of sp³-hybridized carbons (Fsp3) is 0.400. The monoisotopic (exact) mass is 241 g/mol. The third-order valence-corrected chi connectivity index (χ3v) is 3.79. The fourth-order valence-corrected chi connectivity index (χ4v) is 2.69. The van der Waals surface area contributed by atoms with Crippen molar-refractivity contribution in [2.45, 2.75) is 37.8 Å². The topological polar surface area (TPSA) is 50.9 Å². The number of hydrogen-bond donors (Lipinski definition) is 2. The number of pyridine rings is 1. The molecule has 0 atom stereocenters. The molecule has 1 aromatic heterocycles. The number of nitrogens with one attached hydrogen (secondary N) is 1. The molecule has 0 amide bonds. The molecule has 18 heavy (non-hydrogen) atoms. The predicted octanol–water partition coefficient (Wildman–Crippen LogP) is 2.92.